The molecule has 4 rings (SSSR count). The number of H-pyrrole nitrogens is 2. The number of nitrogens with zero attached hydrogens (tertiary/aromatic N) is 1. The first kappa shape index (κ1) is 14.7. The van der Waals surface area contributed by atoms with Gasteiger partial charge in [0.1, 0.15) is 11.9 Å². The summed E-state index contributed by atoms with van der Waals surface area (Å²) in [5.41, 5.74) is 4.62. The van der Waals surface area contributed by atoms with Crippen LogP contribution in [-0.4, -0.2) is 23.2 Å². The fourth-order valence-corrected chi connectivity index (χ4v) is 3.28. The number of fused-ring (bicyclic) bond motifs is 2. The number of hydrogen-bond donors (Lipinski definition) is 3. The van der Waals surface area contributed by atoms with Gasteiger partial charge in [-0.2, -0.15) is 0 Å². The lowest BCUT2D eigenvalue weighted by Crippen LogP contribution is -2.36. The van der Waals surface area contributed by atoms with E-state index in [1.54, 1.807) is 7.11 Å². The highest BCUT2D eigenvalue weighted by molar-refractivity contribution is 5.87. The van der Waals surface area contributed by atoms with Gasteiger partial charge < -0.3 is 24.9 Å². The molecule has 0 bridgehead atoms. The van der Waals surface area contributed by atoms with Crippen LogP contribution in [0.3, 0.4) is 0 Å². The standard InChI is InChI=1S/C18H20N4O2/c1-10(2)17-19-15-9-12(24-3)5-7-16(15)22(17)11-4-6-13-14(8-11)21-18(23)20-13/h4-10,17,19H,1-3H3,(H2,20,21,23). The van der Waals surface area contributed by atoms with E-state index >= 15 is 0 Å². The quantitative estimate of drug-likeness (QED) is 0.690. The maximum atomic E-state index is 11.5. The number of nitrogens with one attached hydrogen (secondary N) is 3. The molecule has 124 valence electrons. The molecule has 0 saturated carbocycles. The molecule has 2 aromatic carbocycles. The second-order valence-electron chi connectivity index (χ2n) is 6.40. The minimum Gasteiger partial charge on any atom is -0.497 e. The minimum atomic E-state index is -0.188. The molecule has 3 aromatic rings. The Morgan fingerprint density at radius 3 is 2.62 bits per heavy atom. The van der Waals surface area contributed by atoms with Gasteiger partial charge in [0.2, 0.25) is 0 Å². The van der Waals surface area contributed by atoms with Crippen LogP contribution in [0.15, 0.2) is 41.2 Å². The monoisotopic (exact) mass is 324 g/mol. The van der Waals surface area contributed by atoms with E-state index in [4.69, 9.17) is 4.74 Å². The van der Waals surface area contributed by atoms with Crippen LogP contribution in [0.5, 0.6) is 5.75 Å². The van der Waals surface area contributed by atoms with Crippen molar-refractivity contribution in [1.82, 2.24) is 9.97 Å². The van der Waals surface area contributed by atoms with Crippen molar-refractivity contribution in [3.05, 3.63) is 46.9 Å². The number of ether oxygens (including phenoxy) is 1. The predicted molar refractivity (Wildman–Crippen MR) is 96.3 cm³/mol. The van der Waals surface area contributed by atoms with Crippen molar-refractivity contribution in [2.45, 2.75) is 20.0 Å². The molecule has 0 saturated heterocycles. The molecular formula is C18H20N4O2. The third kappa shape index (κ3) is 2.22. The van der Waals surface area contributed by atoms with Gasteiger partial charge in [-0.3, -0.25) is 0 Å². The van der Waals surface area contributed by atoms with E-state index in [2.05, 4.69) is 40.1 Å². The van der Waals surface area contributed by atoms with Gasteiger partial charge in [0.15, 0.2) is 0 Å². The maximum Gasteiger partial charge on any atom is 0.323 e. The zero-order chi connectivity index (χ0) is 16.8. The summed E-state index contributed by atoms with van der Waals surface area (Å²) in [6, 6.07) is 12.0. The number of rotatable bonds is 3. The smallest absolute Gasteiger partial charge is 0.323 e. The lowest BCUT2D eigenvalue weighted by molar-refractivity contribution is 0.415. The van der Waals surface area contributed by atoms with Crippen molar-refractivity contribution in [1.29, 1.82) is 0 Å². The molecule has 0 spiro atoms. The average Bonchev–Trinajstić information content (AvgIpc) is 3.12. The molecule has 3 N–H and O–H groups in total. The summed E-state index contributed by atoms with van der Waals surface area (Å²) >= 11 is 0. The number of aromatic amines is 2. The number of anilines is 3. The molecule has 6 nitrogen and oxygen atoms in total. The largest absolute Gasteiger partial charge is 0.497 e. The van der Waals surface area contributed by atoms with Gasteiger partial charge in [0, 0.05) is 11.8 Å². The van der Waals surface area contributed by atoms with E-state index in [1.165, 1.54) is 0 Å². The van der Waals surface area contributed by atoms with Gasteiger partial charge in [-0.15, -0.1) is 0 Å². The predicted octanol–water partition coefficient (Wildman–Crippen LogP) is 3.41. The van der Waals surface area contributed by atoms with Crippen LogP contribution < -0.4 is 20.6 Å². The first-order valence-corrected chi connectivity index (χ1v) is 8.02. The lowest BCUT2D eigenvalue weighted by Gasteiger charge is -2.29. The second kappa shape index (κ2) is 5.33. The Balaban J connectivity index is 1.85. The molecule has 0 radical (unpaired) electrons. The highest BCUT2D eigenvalue weighted by Gasteiger charge is 2.32. The van der Waals surface area contributed by atoms with Gasteiger partial charge in [-0.25, -0.2) is 4.79 Å². The Kier molecular flexibility index (Phi) is 3.26. The highest BCUT2D eigenvalue weighted by Crippen LogP contribution is 2.43. The Morgan fingerprint density at radius 2 is 1.88 bits per heavy atom. The van der Waals surface area contributed by atoms with Gasteiger partial charge in [0.05, 0.1) is 29.5 Å². The Hall–Kier alpha value is -2.89. The third-order valence-electron chi connectivity index (χ3n) is 4.45. The highest BCUT2D eigenvalue weighted by atomic mass is 16.5. The van der Waals surface area contributed by atoms with Crippen LogP contribution >= 0.6 is 0 Å². The fourth-order valence-electron chi connectivity index (χ4n) is 3.28. The first-order chi connectivity index (χ1) is 11.6. The molecule has 0 amide bonds. The number of aromatic nitrogens is 2. The van der Waals surface area contributed by atoms with Gasteiger partial charge in [-0.1, -0.05) is 13.8 Å². The Labute approximate surface area is 139 Å². The number of benzene rings is 2. The molecule has 0 aliphatic carbocycles. The SMILES string of the molecule is COc1ccc2c(c1)NC(C(C)C)N2c1ccc2[nH]c(=O)[nH]c2c1. The number of methoxy groups -OCH3 is 1. The summed E-state index contributed by atoms with van der Waals surface area (Å²) in [7, 11) is 1.67. The first-order valence-electron chi connectivity index (χ1n) is 8.02. The summed E-state index contributed by atoms with van der Waals surface area (Å²) < 4.78 is 5.33. The normalized spacial score (nSPS) is 16.5. The van der Waals surface area contributed by atoms with Crippen molar-refractivity contribution < 1.29 is 4.74 Å². The summed E-state index contributed by atoms with van der Waals surface area (Å²) in [4.78, 5) is 19.4. The molecule has 1 unspecified atom stereocenters. The van der Waals surface area contributed by atoms with Crippen molar-refractivity contribution in [3.63, 3.8) is 0 Å². The molecule has 24 heavy (non-hydrogen) atoms. The summed E-state index contributed by atoms with van der Waals surface area (Å²) in [5, 5.41) is 3.58. The van der Waals surface area contributed by atoms with Crippen LogP contribution in [0, 0.1) is 5.92 Å². The van der Waals surface area contributed by atoms with Crippen molar-refractivity contribution in [3.8, 4) is 5.75 Å². The Bertz CT molecular complexity index is 957. The third-order valence-corrected chi connectivity index (χ3v) is 4.45. The van der Waals surface area contributed by atoms with E-state index in [9.17, 15) is 4.79 Å². The number of hydrogen-bond acceptors (Lipinski definition) is 4. The van der Waals surface area contributed by atoms with Crippen molar-refractivity contribution >= 4 is 28.1 Å². The zero-order valence-electron chi connectivity index (χ0n) is 13.9. The van der Waals surface area contributed by atoms with Gasteiger partial charge in [-0.05, 0) is 36.2 Å². The zero-order valence-corrected chi connectivity index (χ0v) is 13.9. The molecular weight excluding hydrogens is 304 g/mol. The van der Waals surface area contributed by atoms with E-state index in [1.807, 2.05) is 30.3 Å². The minimum absolute atomic E-state index is 0.134. The molecule has 1 aliphatic rings. The molecule has 1 atom stereocenters. The van der Waals surface area contributed by atoms with Gasteiger partial charge in [0.25, 0.3) is 0 Å². The van der Waals surface area contributed by atoms with Crippen LogP contribution in [0.1, 0.15) is 13.8 Å². The molecule has 0 fully saturated rings. The van der Waals surface area contributed by atoms with Crippen molar-refractivity contribution in [2.24, 2.45) is 5.92 Å². The van der Waals surface area contributed by atoms with E-state index < -0.39 is 0 Å². The van der Waals surface area contributed by atoms with Crippen molar-refractivity contribution in [2.75, 3.05) is 17.3 Å². The topological polar surface area (TPSA) is 73.2 Å². The Morgan fingerprint density at radius 1 is 1.08 bits per heavy atom. The average molecular weight is 324 g/mol. The van der Waals surface area contributed by atoms with E-state index in [0.717, 1.165) is 33.8 Å². The second-order valence-corrected chi connectivity index (χ2v) is 6.40. The summed E-state index contributed by atoms with van der Waals surface area (Å²) in [5.74, 6) is 1.22. The summed E-state index contributed by atoms with van der Waals surface area (Å²) in [6.07, 6.45) is 0.134. The van der Waals surface area contributed by atoms with E-state index in [0.29, 0.717) is 5.92 Å². The van der Waals surface area contributed by atoms with Gasteiger partial charge >= 0.3 is 5.69 Å². The maximum absolute atomic E-state index is 11.5. The van der Waals surface area contributed by atoms with Crippen LogP contribution in [0.2, 0.25) is 0 Å². The van der Waals surface area contributed by atoms with Crippen LogP contribution in [0.4, 0.5) is 17.1 Å². The summed E-state index contributed by atoms with van der Waals surface area (Å²) in [6.45, 7) is 4.37. The molecule has 6 heteroatoms. The fraction of sp³-hybridized carbons (Fsp3) is 0.278. The van der Waals surface area contributed by atoms with Crippen LogP contribution in [0.25, 0.3) is 11.0 Å². The van der Waals surface area contributed by atoms with E-state index in [-0.39, 0.29) is 11.9 Å². The molecule has 1 aliphatic heterocycles. The lowest BCUT2D eigenvalue weighted by atomic mass is 10.1. The van der Waals surface area contributed by atoms with Crippen LogP contribution in [-0.2, 0) is 0 Å². The number of imidazole rings is 1. The molecule has 2 heterocycles. The molecule has 1 aromatic heterocycles.